The van der Waals surface area contributed by atoms with E-state index in [0.717, 1.165) is 16.5 Å². The quantitative estimate of drug-likeness (QED) is 0.736. The third kappa shape index (κ3) is 2.45. The first-order valence-electron chi connectivity index (χ1n) is 6.38. The molecule has 0 spiro atoms. The first kappa shape index (κ1) is 13.5. The molecule has 0 saturated carbocycles. The van der Waals surface area contributed by atoms with Gasteiger partial charge in [-0.05, 0) is 30.7 Å². The summed E-state index contributed by atoms with van der Waals surface area (Å²) < 4.78 is 0. The highest BCUT2D eigenvalue weighted by molar-refractivity contribution is 6.31. The molecule has 1 aromatic carbocycles. The van der Waals surface area contributed by atoms with Crippen LogP contribution in [0.3, 0.4) is 0 Å². The maximum absolute atomic E-state index is 12.6. The molecular weight excluding hydrogens is 286 g/mol. The number of carbonyl (C=O) groups is 1. The molecule has 0 aliphatic heterocycles. The van der Waals surface area contributed by atoms with Crippen molar-refractivity contribution in [3.8, 4) is 0 Å². The Hall–Kier alpha value is -2.46. The summed E-state index contributed by atoms with van der Waals surface area (Å²) in [5, 5.41) is 1.39. The Kier molecular flexibility index (Phi) is 3.31. The number of anilines is 1. The molecule has 3 rings (SSSR count). The SMILES string of the molecule is Cc1cc(C(=O)c2cc(Cl)cnc2N)nc2ccccc12. The molecule has 0 bridgehead atoms. The number of para-hydroxylation sites is 1. The molecule has 0 radical (unpaired) electrons. The van der Waals surface area contributed by atoms with Gasteiger partial charge in [-0.1, -0.05) is 29.8 Å². The topological polar surface area (TPSA) is 68.9 Å². The predicted molar refractivity (Wildman–Crippen MR) is 83.6 cm³/mol. The van der Waals surface area contributed by atoms with Gasteiger partial charge in [0, 0.05) is 11.6 Å². The Morgan fingerprint density at radius 2 is 2.00 bits per heavy atom. The Balaban J connectivity index is 2.16. The molecule has 4 nitrogen and oxygen atoms in total. The van der Waals surface area contributed by atoms with Gasteiger partial charge in [0.25, 0.3) is 0 Å². The first-order valence-corrected chi connectivity index (χ1v) is 6.76. The third-order valence-corrected chi connectivity index (χ3v) is 3.49. The van der Waals surface area contributed by atoms with Crippen molar-refractivity contribution >= 4 is 34.1 Å². The van der Waals surface area contributed by atoms with Crippen molar-refractivity contribution in [1.29, 1.82) is 0 Å². The van der Waals surface area contributed by atoms with Crippen LogP contribution in [0.25, 0.3) is 10.9 Å². The predicted octanol–water partition coefficient (Wildman–Crippen LogP) is 3.40. The zero-order valence-electron chi connectivity index (χ0n) is 11.3. The van der Waals surface area contributed by atoms with Gasteiger partial charge < -0.3 is 5.73 Å². The van der Waals surface area contributed by atoms with Crippen LogP contribution in [0.15, 0.2) is 42.6 Å². The van der Waals surface area contributed by atoms with Crippen LogP contribution in [0.2, 0.25) is 5.02 Å². The van der Waals surface area contributed by atoms with Crippen molar-refractivity contribution in [2.45, 2.75) is 6.92 Å². The molecule has 3 aromatic rings. The van der Waals surface area contributed by atoms with Crippen LogP contribution in [0.4, 0.5) is 5.82 Å². The zero-order valence-corrected chi connectivity index (χ0v) is 12.1. The van der Waals surface area contributed by atoms with Crippen LogP contribution < -0.4 is 5.73 Å². The average molecular weight is 298 g/mol. The molecule has 0 amide bonds. The number of rotatable bonds is 2. The summed E-state index contributed by atoms with van der Waals surface area (Å²) in [4.78, 5) is 20.9. The van der Waals surface area contributed by atoms with E-state index >= 15 is 0 Å². The minimum atomic E-state index is -0.281. The van der Waals surface area contributed by atoms with Crippen LogP contribution in [0.1, 0.15) is 21.6 Å². The number of fused-ring (bicyclic) bond motifs is 1. The molecule has 0 atom stereocenters. The first-order chi connectivity index (χ1) is 10.1. The number of nitrogens with zero attached hydrogens (tertiary/aromatic N) is 2. The molecule has 0 unspecified atom stereocenters. The van der Waals surface area contributed by atoms with E-state index in [-0.39, 0.29) is 17.2 Å². The Labute approximate surface area is 126 Å². The summed E-state index contributed by atoms with van der Waals surface area (Å²) >= 11 is 5.88. The van der Waals surface area contributed by atoms with Crippen molar-refractivity contribution in [1.82, 2.24) is 9.97 Å². The largest absolute Gasteiger partial charge is 0.383 e. The van der Waals surface area contributed by atoms with E-state index in [0.29, 0.717) is 10.7 Å². The van der Waals surface area contributed by atoms with E-state index < -0.39 is 0 Å². The molecule has 0 aliphatic carbocycles. The number of aromatic nitrogens is 2. The summed E-state index contributed by atoms with van der Waals surface area (Å²) in [5.41, 5.74) is 8.12. The summed E-state index contributed by atoms with van der Waals surface area (Å²) in [6.45, 7) is 1.94. The second-order valence-corrected chi connectivity index (χ2v) is 5.19. The van der Waals surface area contributed by atoms with Gasteiger partial charge in [-0.2, -0.15) is 0 Å². The number of aryl methyl sites for hydroxylation is 1. The lowest BCUT2D eigenvalue weighted by molar-refractivity contribution is 0.103. The van der Waals surface area contributed by atoms with Crippen molar-refractivity contribution in [2.75, 3.05) is 5.73 Å². The molecule has 0 fully saturated rings. The highest BCUT2D eigenvalue weighted by atomic mass is 35.5. The zero-order chi connectivity index (χ0) is 15.0. The highest BCUT2D eigenvalue weighted by Gasteiger charge is 2.16. The number of nitrogens with two attached hydrogens (primary N) is 1. The highest BCUT2D eigenvalue weighted by Crippen LogP contribution is 2.22. The third-order valence-electron chi connectivity index (χ3n) is 3.29. The van der Waals surface area contributed by atoms with E-state index in [1.54, 1.807) is 6.07 Å². The van der Waals surface area contributed by atoms with Crippen molar-refractivity contribution in [3.63, 3.8) is 0 Å². The van der Waals surface area contributed by atoms with Crippen molar-refractivity contribution in [2.24, 2.45) is 0 Å². The Morgan fingerprint density at radius 1 is 1.24 bits per heavy atom. The number of hydrogen-bond acceptors (Lipinski definition) is 4. The van der Waals surface area contributed by atoms with Gasteiger partial charge in [-0.3, -0.25) is 4.79 Å². The van der Waals surface area contributed by atoms with E-state index in [9.17, 15) is 4.79 Å². The molecule has 2 N–H and O–H groups in total. The van der Waals surface area contributed by atoms with Gasteiger partial charge in [0.2, 0.25) is 5.78 Å². The smallest absolute Gasteiger partial charge is 0.215 e. The van der Waals surface area contributed by atoms with E-state index in [1.165, 1.54) is 12.3 Å². The number of ketones is 1. The molecule has 5 heteroatoms. The van der Waals surface area contributed by atoms with Gasteiger partial charge in [0.05, 0.1) is 16.1 Å². The molecule has 104 valence electrons. The average Bonchev–Trinajstić information content (AvgIpc) is 2.49. The number of benzene rings is 1. The minimum absolute atomic E-state index is 0.150. The second kappa shape index (κ2) is 5.14. The molecule has 21 heavy (non-hydrogen) atoms. The fourth-order valence-electron chi connectivity index (χ4n) is 2.24. The monoisotopic (exact) mass is 297 g/mol. The van der Waals surface area contributed by atoms with Crippen LogP contribution in [0.5, 0.6) is 0 Å². The Morgan fingerprint density at radius 3 is 2.81 bits per heavy atom. The summed E-state index contributed by atoms with van der Waals surface area (Å²) in [5.74, 6) is -0.131. The molecule has 0 aliphatic rings. The molecule has 0 saturated heterocycles. The lowest BCUT2D eigenvalue weighted by Gasteiger charge is -2.07. The van der Waals surface area contributed by atoms with Crippen LogP contribution in [-0.4, -0.2) is 15.8 Å². The number of nitrogen functional groups attached to an aromatic ring is 1. The fraction of sp³-hybridized carbons (Fsp3) is 0.0625. The van der Waals surface area contributed by atoms with E-state index in [4.69, 9.17) is 17.3 Å². The standard InChI is InChI=1S/C16H12ClN3O/c1-9-6-14(20-13-5-3-2-4-11(9)13)15(21)12-7-10(17)8-19-16(12)18/h2-8H,1H3,(H2,18,19). The minimum Gasteiger partial charge on any atom is -0.383 e. The van der Waals surface area contributed by atoms with Crippen LogP contribution in [-0.2, 0) is 0 Å². The van der Waals surface area contributed by atoms with Crippen LogP contribution in [0, 0.1) is 6.92 Å². The van der Waals surface area contributed by atoms with Gasteiger partial charge in [-0.25, -0.2) is 9.97 Å². The lowest BCUT2D eigenvalue weighted by atomic mass is 10.0. The van der Waals surface area contributed by atoms with Gasteiger partial charge in [0.15, 0.2) is 0 Å². The van der Waals surface area contributed by atoms with Gasteiger partial charge >= 0.3 is 0 Å². The van der Waals surface area contributed by atoms with Gasteiger partial charge in [0.1, 0.15) is 11.5 Å². The van der Waals surface area contributed by atoms with Crippen molar-refractivity contribution in [3.05, 3.63) is 64.4 Å². The number of hydrogen-bond donors (Lipinski definition) is 1. The van der Waals surface area contributed by atoms with Crippen LogP contribution >= 0.6 is 11.6 Å². The Bertz CT molecular complexity index is 861. The normalized spacial score (nSPS) is 10.8. The maximum Gasteiger partial charge on any atom is 0.215 e. The summed E-state index contributed by atoms with van der Waals surface area (Å²) in [6.07, 6.45) is 1.41. The number of carbonyl (C=O) groups excluding carboxylic acids is 1. The second-order valence-electron chi connectivity index (χ2n) is 4.76. The van der Waals surface area contributed by atoms with E-state index in [2.05, 4.69) is 9.97 Å². The molecular formula is C16H12ClN3O. The van der Waals surface area contributed by atoms with Crippen molar-refractivity contribution < 1.29 is 4.79 Å². The number of halogens is 1. The maximum atomic E-state index is 12.6. The number of pyridine rings is 2. The molecule has 2 aromatic heterocycles. The lowest BCUT2D eigenvalue weighted by Crippen LogP contribution is -2.09. The molecule has 2 heterocycles. The van der Waals surface area contributed by atoms with Gasteiger partial charge in [-0.15, -0.1) is 0 Å². The fourth-order valence-corrected chi connectivity index (χ4v) is 2.39. The summed E-state index contributed by atoms with van der Waals surface area (Å²) in [6, 6.07) is 10.9. The summed E-state index contributed by atoms with van der Waals surface area (Å²) in [7, 11) is 0. The van der Waals surface area contributed by atoms with E-state index in [1.807, 2.05) is 31.2 Å².